The van der Waals surface area contributed by atoms with Crippen LogP contribution in [0.4, 0.5) is 4.39 Å². The van der Waals surface area contributed by atoms with Crippen LogP contribution >= 0.6 is 11.3 Å². The average molecular weight is 589 g/mol. The van der Waals surface area contributed by atoms with Gasteiger partial charge in [-0.05, 0) is 43.7 Å². The van der Waals surface area contributed by atoms with Crippen LogP contribution in [-0.4, -0.2) is 58.8 Å². The van der Waals surface area contributed by atoms with E-state index in [-0.39, 0.29) is 30.2 Å². The first-order valence-corrected chi connectivity index (χ1v) is 14.6. The monoisotopic (exact) mass is 588 g/mol. The molecule has 1 atom stereocenters. The van der Waals surface area contributed by atoms with Gasteiger partial charge < -0.3 is 18.9 Å². The maximum absolute atomic E-state index is 14.0. The molecule has 6 rings (SSSR count). The van der Waals surface area contributed by atoms with E-state index < -0.39 is 17.8 Å². The first-order valence-electron chi connectivity index (χ1n) is 13.7. The van der Waals surface area contributed by atoms with Crippen molar-refractivity contribution in [2.45, 2.75) is 26.4 Å². The molecule has 0 unspecified atom stereocenters. The number of morpholine rings is 1. The smallest absolute Gasteiger partial charge is 0.338 e. The van der Waals surface area contributed by atoms with Gasteiger partial charge in [-0.15, -0.1) is 0 Å². The Morgan fingerprint density at radius 1 is 1.14 bits per heavy atom. The fraction of sp³-hybridized carbons (Fsp3) is 0.290. The second-order valence-corrected chi connectivity index (χ2v) is 11.1. The molecule has 1 fully saturated rings. The van der Waals surface area contributed by atoms with Crippen molar-refractivity contribution in [1.29, 1.82) is 0 Å². The third kappa shape index (κ3) is 5.10. The molecule has 2 aromatic heterocycles. The molecule has 4 heterocycles. The lowest BCUT2D eigenvalue weighted by Gasteiger charge is -2.27. The van der Waals surface area contributed by atoms with Gasteiger partial charge in [-0.25, -0.2) is 14.2 Å². The van der Waals surface area contributed by atoms with Gasteiger partial charge in [0.15, 0.2) is 4.80 Å². The van der Waals surface area contributed by atoms with Gasteiger partial charge >= 0.3 is 5.97 Å². The average Bonchev–Trinajstić information content (AvgIpc) is 3.49. The summed E-state index contributed by atoms with van der Waals surface area (Å²) >= 11 is 1.21. The van der Waals surface area contributed by atoms with Gasteiger partial charge in [-0.2, -0.15) is 0 Å². The Bertz CT molecular complexity index is 1900. The Morgan fingerprint density at radius 2 is 1.88 bits per heavy atom. The van der Waals surface area contributed by atoms with Gasteiger partial charge in [-0.3, -0.25) is 14.2 Å². The number of ether oxygens (including phenoxy) is 2. The van der Waals surface area contributed by atoms with Crippen LogP contribution in [0.15, 0.2) is 75.8 Å². The minimum absolute atomic E-state index is 0.00578. The number of carbonyl (C=O) groups excluding carboxylic acids is 2. The van der Waals surface area contributed by atoms with Crippen LogP contribution in [0.3, 0.4) is 0 Å². The van der Waals surface area contributed by atoms with Crippen molar-refractivity contribution >= 4 is 40.2 Å². The van der Waals surface area contributed by atoms with Crippen LogP contribution in [0.25, 0.3) is 17.0 Å². The molecule has 0 saturated carbocycles. The second-order valence-electron chi connectivity index (χ2n) is 10.1. The third-order valence-corrected chi connectivity index (χ3v) is 8.46. The Labute approximate surface area is 244 Å². The number of esters is 1. The fourth-order valence-corrected chi connectivity index (χ4v) is 6.51. The summed E-state index contributed by atoms with van der Waals surface area (Å²) < 4.78 is 28.3. The number of rotatable bonds is 6. The zero-order valence-corrected chi connectivity index (χ0v) is 24.0. The summed E-state index contributed by atoms with van der Waals surface area (Å²) in [6, 6.07) is 12.6. The number of carbonyl (C=O) groups is 2. The van der Waals surface area contributed by atoms with E-state index in [1.165, 1.54) is 28.0 Å². The summed E-state index contributed by atoms with van der Waals surface area (Å²) in [7, 11) is 0. The summed E-state index contributed by atoms with van der Waals surface area (Å²) in [6.07, 6.45) is 3.68. The van der Waals surface area contributed by atoms with E-state index in [1.54, 1.807) is 37.0 Å². The molecule has 1 amide bonds. The van der Waals surface area contributed by atoms with E-state index in [0.29, 0.717) is 46.9 Å². The number of fused-ring (bicyclic) bond motifs is 2. The molecule has 9 nitrogen and oxygen atoms in total. The molecule has 0 radical (unpaired) electrons. The molecule has 0 bridgehead atoms. The van der Waals surface area contributed by atoms with Crippen molar-refractivity contribution in [3.8, 4) is 0 Å². The van der Waals surface area contributed by atoms with Crippen LogP contribution in [0.1, 0.15) is 31.0 Å². The maximum Gasteiger partial charge on any atom is 0.338 e. The van der Waals surface area contributed by atoms with Crippen molar-refractivity contribution in [3.05, 3.63) is 103 Å². The minimum atomic E-state index is -0.824. The molecule has 0 spiro atoms. The molecule has 0 N–H and O–H groups in total. The van der Waals surface area contributed by atoms with Crippen LogP contribution in [0.5, 0.6) is 0 Å². The van der Waals surface area contributed by atoms with Crippen LogP contribution < -0.4 is 14.9 Å². The quantitative estimate of drug-likeness (QED) is 0.323. The molecule has 2 aliphatic heterocycles. The summed E-state index contributed by atoms with van der Waals surface area (Å²) in [6.45, 7) is 5.93. The number of thiazole rings is 1. The van der Waals surface area contributed by atoms with Gasteiger partial charge in [0, 0.05) is 35.8 Å². The molecule has 2 aliphatic rings. The summed E-state index contributed by atoms with van der Waals surface area (Å²) in [5.41, 5.74) is 2.57. The number of para-hydroxylation sites is 1. The second kappa shape index (κ2) is 11.5. The molecule has 42 heavy (non-hydrogen) atoms. The van der Waals surface area contributed by atoms with Crippen molar-refractivity contribution in [2.24, 2.45) is 4.99 Å². The van der Waals surface area contributed by atoms with Crippen molar-refractivity contribution in [1.82, 2.24) is 14.0 Å². The fourth-order valence-electron chi connectivity index (χ4n) is 5.47. The molecule has 0 aliphatic carbocycles. The summed E-state index contributed by atoms with van der Waals surface area (Å²) in [5.74, 6) is -0.991. The number of allylic oxidation sites excluding steroid dienone is 1. The first-order chi connectivity index (χ1) is 20.4. The molecule has 11 heteroatoms. The molecule has 2 aromatic carbocycles. The van der Waals surface area contributed by atoms with Gasteiger partial charge in [-0.1, -0.05) is 41.7 Å². The maximum atomic E-state index is 14.0. The molecular formula is C31H29FN4O5S. The predicted molar refractivity (Wildman–Crippen MR) is 156 cm³/mol. The van der Waals surface area contributed by atoms with E-state index >= 15 is 0 Å². The number of benzene rings is 2. The van der Waals surface area contributed by atoms with Crippen LogP contribution in [-0.2, 0) is 25.6 Å². The van der Waals surface area contributed by atoms with E-state index in [1.807, 2.05) is 35.0 Å². The third-order valence-electron chi connectivity index (χ3n) is 7.48. The molecule has 216 valence electrons. The Balaban J connectivity index is 1.46. The Morgan fingerprint density at radius 3 is 2.62 bits per heavy atom. The van der Waals surface area contributed by atoms with E-state index in [2.05, 4.69) is 4.99 Å². The van der Waals surface area contributed by atoms with Crippen LogP contribution in [0, 0.1) is 5.82 Å². The highest BCUT2D eigenvalue weighted by Gasteiger charge is 2.33. The Kier molecular flexibility index (Phi) is 7.61. The Hall–Kier alpha value is -4.35. The standard InChI is InChI=1S/C31H29FN4O5S/c1-3-41-30(39)27-19(2)33-31-36(28(27)20-8-10-22(32)11-9-20)29(38)25(42-31)16-21-17-35(24-7-5-4-6-23(21)24)18-26(37)34-12-14-40-15-13-34/h4-11,16-17,28H,3,12-15,18H2,1-2H3/b25-16+/t28-/m0/s1. The summed E-state index contributed by atoms with van der Waals surface area (Å²) in [5, 5.41) is 0.900. The lowest BCUT2D eigenvalue weighted by molar-refractivity contribution is -0.139. The lowest BCUT2D eigenvalue weighted by Crippen LogP contribution is -2.42. The largest absolute Gasteiger partial charge is 0.463 e. The SMILES string of the molecule is CCOC(=O)C1=C(C)N=c2s/c(=C/c3cn(CC(=O)N4CCOCC4)c4ccccc34)c(=O)n2[C@H]1c1ccc(F)cc1. The van der Waals surface area contributed by atoms with Gasteiger partial charge in [0.1, 0.15) is 12.4 Å². The highest BCUT2D eigenvalue weighted by atomic mass is 32.1. The zero-order chi connectivity index (χ0) is 29.4. The van der Waals surface area contributed by atoms with E-state index in [4.69, 9.17) is 9.47 Å². The minimum Gasteiger partial charge on any atom is -0.463 e. The normalized spacial score (nSPS) is 17.4. The van der Waals surface area contributed by atoms with Gasteiger partial charge in [0.05, 0.1) is 41.7 Å². The van der Waals surface area contributed by atoms with E-state index in [0.717, 1.165) is 16.5 Å². The van der Waals surface area contributed by atoms with Gasteiger partial charge in [0.25, 0.3) is 5.56 Å². The van der Waals surface area contributed by atoms with Crippen molar-refractivity contribution < 1.29 is 23.5 Å². The highest BCUT2D eigenvalue weighted by Crippen LogP contribution is 2.31. The van der Waals surface area contributed by atoms with Gasteiger partial charge in [0.2, 0.25) is 5.91 Å². The topological polar surface area (TPSA) is 95.1 Å². The number of aromatic nitrogens is 2. The predicted octanol–water partition coefficient (Wildman–Crippen LogP) is 2.75. The number of hydrogen-bond acceptors (Lipinski definition) is 7. The van der Waals surface area contributed by atoms with Crippen LogP contribution in [0.2, 0.25) is 0 Å². The molecule has 4 aromatic rings. The zero-order valence-electron chi connectivity index (χ0n) is 23.2. The van der Waals surface area contributed by atoms with Crippen molar-refractivity contribution in [2.75, 3.05) is 32.9 Å². The number of nitrogens with zero attached hydrogens (tertiary/aromatic N) is 4. The number of halogens is 1. The van der Waals surface area contributed by atoms with E-state index in [9.17, 15) is 18.8 Å². The first kappa shape index (κ1) is 27.8. The van der Waals surface area contributed by atoms with Crippen molar-refractivity contribution in [3.63, 3.8) is 0 Å². The highest BCUT2D eigenvalue weighted by molar-refractivity contribution is 7.07. The number of hydrogen-bond donors (Lipinski definition) is 0. The molecule has 1 saturated heterocycles. The lowest BCUT2D eigenvalue weighted by atomic mass is 9.96. The summed E-state index contributed by atoms with van der Waals surface area (Å²) in [4.78, 5) is 46.9. The number of amides is 1. The molecular weight excluding hydrogens is 559 g/mol.